The van der Waals surface area contributed by atoms with Crippen molar-refractivity contribution in [1.82, 2.24) is 0 Å². The van der Waals surface area contributed by atoms with Crippen LogP contribution in [0.2, 0.25) is 5.02 Å². The van der Waals surface area contributed by atoms with Crippen molar-refractivity contribution in [1.29, 1.82) is 0 Å². The molecule has 0 amide bonds. The predicted octanol–water partition coefficient (Wildman–Crippen LogP) is 3.53. The van der Waals surface area contributed by atoms with Crippen molar-refractivity contribution in [3.63, 3.8) is 0 Å². The molecule has 1 atom stereocenters. The molecule has 2 aromatic rings. The summed E-state index contributed by atoms with van der Waals surface area (Å²) in [5.74, 6) is 0.602. The second kappa shape index (κ2) is 3.64. The maximum atomic E-state index is 9.57. The van der Waals surface area contributed by atoms with Crippen LogP contribution in [0.5, 0.6) is 0 Å². The van der Waals surface area contributed by atoms with Gasteiger partial charge in [-0.25, -0.2) is 0 Å². The molecule has 0 saturated heterocycles. The number of aliphatic hydroxyl groups excluding tert-OH is 1. The predicted molar refractivity (Wildman–Crippen MR) is 56.5 cm³/mol. The summed E-state index contributed by atoms with van der Waals surface area (Å²) in [4.78, 5) is 0. The average Bonchev–Trinajstić information content (AvgIpc) is 2.59. The van der Waals surface area contributed by atoms with Crippen LogP contribution in [0.4, 0.5) is 0 Å². The Labute approximate surface area is 87.1 Å². The van der Waals surface area contributed by atoms with Crippen molar-refractivity contribution in [3.05, 3.63) is 35.0 Å². The van der Waals surface area contributed by atoms with Gasteiger partial charge in [-0.15, -0.1) is 0 Å². The van der Waals surface area contributed by atoms with Crippen LogP contribution in [0.3, 0.4) is 0 Å². The standard InChI is InChI=1S/C11H11ClO2/c1-2-9(13)11-5-7-3-4-8(12)6-10(7)14-11/h3-6,9,13H,2H2,1H3/t9-/m0/s1. The van der Waals surface area contributed by atoms with Gasteiger partial charge in [-0.1, -0.05) is 18.5 Å². The molecule has 0 aliphatic rings. The van der Waals surface area contributed by atoms with Gasteiger partial charge in [-0.3, -0.25) is 0 Å². The van der Waals surface area contributed by atoms with Crippen molar-refractivity contribution >= 4 is 22.6 Å². The van der Waals surface area contributed by atoms with Crippen molar-refractivity contribution in [2.75, 3.05) is 0 Å². The molecule has 0 saturated carbocycles. The number of halogens is 1. The summed E-state index contributed by atoms with van der Waals surface area (Å²) in [5.41, 5.74) is 0.722. The van der Waals surface area contributed by atoms with E-state index in [1.54, 1.807) is 6.07 Å². The lowest BCUT2D eigenvalue weighted by molar-refractivity contribution is 0.148. The van der Waals surface area contributed by atoms with Gasteiger partial charge in [-0.2, -0.15) is 0 Å². The molecular weight excluding hydrogens is 200 g/mol. The number of hydrogen-bond donors (Lipinski definition) is 1. The number of furan rings is 1. The summed E-state index contributed by atoms with van der Waals surface area (Å²) >= 11 is 5.82. The maximum absolute atomic E-state index is 9.57. The summed E-state index contributed by atoms with van der Waals surface area (Å²) in [7, 11) is 0. The van der Waals surface area contributed by atoms with E-state index in [1.807, 2.05) is 25.1 Å². The second-order valence-electron chi connectivity index (χ2n) is 3.25. The van der Waals surface area contributed by atoms with Gasteiger partial charge in [0, 0.05) is 16.5 Å². The molecule has 0 aliphatic carbocycles. The first kappa shape index (κ1) is 9.56. The van der Waals surface area contributed by atoms with E-state index >= 15 is 0 Å². The highest BCUT2D eigenvalue weighted by atomic mass is 35.5. The fourth-order valence-electron chi connectivity index (χ4n) is 1.39. The zero-order valence-corrected chi connectivity index (χ0v) is 8.58. The normalized spacial score (nSPS) is 13.4. The van der Waals surface area contributed by atoms with Crippen molar-refractivity contribution in [2.45, 2.75) is 19.4 Å². The van der Waals surface area contributed by atoms with E-state index in [0.717, 1.165) is 11.0 Å². The Kier molecular flexibility index (Phi) is 2.48. The fourth-order valence-corrected chi connectivity index (χ4v) is 1.55. The first-order chi connectivity index (χ1) is 6.70. The molecule has 74 valence electrons. The van der Waals surface area contributed by atoms with Crippen molar-refractivity contribution < 1.29 is 9.52 Å². The molecule has 1 aromatic heterocycles. The molecule has 2 nitrogen and oxygen atoms in total. The molecule has 0 fully saturated rings. The van der Waals surface area contributed by atoms with Gasteiger partial charge in [0.15, 0.2) is 0 Å². The largest absolute Gasteiger partial charge is 0.458 e. The van der Waals surface area contributed by atoms with Crippen LogP contribution in [0.15, 0.2) is 28.7 Å². The molecule has 0 bridgehead atoms. The number of aliphatic hydroxyl groups is 1. The summed E-state index contributed by atoms with van der Waals surface area (Å²) in [6.07, 6.45) is 0.120. The Morgan fingerprint density at radius 2 is 2.21 bits per heavy atom. The lowest BCUT2D eigenvalue weighted by Crippen LogP contribution is -1.90. The van der Waals surface area contributed by atoms with Crippen LogP contribution < -0.4 is 0 Å². The Hall–Kier alpha value is -0.990. The molecule has 0 radical (unpaired) electrons. The molecule has 1 heterocycles. The first-order valence-corrected chi connectivity index (χ1v) is 4.95. The van der Waals surface area contributed by atoms with Crippen LogP contribution in [-0.4, -0.2) is 5.11 Å². The van der Waals surface area contributed by atoms with E-state index < -0.39 is 6.10 Å². The minimum absolute atomic E-state index is 0.527. The quantitative estimate of drug-likeness (QED) is 0.823. The minimum atomic E-state index is -0.527. The first-order valence-electron chi connectivity index (χ1n) is 4.57. The van der Waals surface area contributed by atoms with Gasteiger partial charge in [0.2, 0.25) is 0 Å². The van der Waals surface area contributed by atoms with E-state index in [0.29, 0.717) is 17.2 Å². The summed E-state index contributed by atoms with van der Waals surface area (Å²) in [6.45, 7) is 1.91. The van der Waals surface area contributed by atoms with Crippen LogP contribution in [0.25, 0.3) is 11.0 Å². The third-order valence-corrected chi connectivity index (χ3v) is 2.45. The molecule has 0 unspecified atom stereocenters. The molecule has 1 aromatic carbocycles. The molecule has 1 N–H and O–H groups in total. The molecule has 0 spiro atoms. The summed E-state index contributed by atoms with van der Waals surface area (Å²) in [5, 5.41) is 11.2. The molecule has 2 rings (SSSR count). The highest BCUT2D eigenvalue weighted by Gasteiger charge is 2.10. The van der Waals surface area contributed by atoms with E-state index in [-0.39, 0.29) is 0 Å². The van der Waals surface area contributed by atoms with E-state index in [2.05, 4.69) is 0 Å². The summed E-state index contributed by atoms with van der Waals surface area (Å²) < 4.78 is 5.47. The van der Waals surface area contributed by atoms with Gasteiger partial charge >= 0.3 is 0 Å². The highest BCUT2D eigenvalue weighted by Crippen LogP contribution is 2.27. The molecular formula is C11H11ClO2. The Morgan fingerprint density at radius 3 is 2.93 bits per heavy atom. The van der Waals surface area contributed by atoms with Gasteiger partial charge in [-0.05, 0) is 24.6 Å². The third kappa shape index (κ3) is 1.63. The average molecular weight is 211 g/mol. The smallest absolute Gasteiger partial charge is 0.135 e. The maximum Gasteiger partial charge on any atom is 0.135 e. The number of fused-ring (bicyclic) bond motifs is 1. The van der Waals surface area contributed by atoms with Crippen molar-refractivity contribution in [3.8, 4) is 0 Å². The lowest BCUT2D eigenvalue weighted by atomic mass is 10.2. The van der Waals surface area contributed by atoms with Gasteiger partial charge in [0.05, 0.1) is 0 Å². The van der Waals surface area contributed by atoms with Crippen LogP contribution in [0.1, 0.15) is 25.2 Å². The summed E-state index contributed by atoms with van der Waals surface area (Å²) in [6, 6.07) is 7.29. The highest BCUT2D eigenvalue weighted by molar-refractivity contribution is 6.31. The monoisotopic (exact) mass is 210 g/mol. The van der Waals surface area contributed by atoms with E-state index in [9.17, 15) is 5.11 Å². The van der Waals surface area contributed by atoms with Crippen LogP contribution in [-0.2, 0) is 0 Å². The van der Waals surface area contributed by atoms with Gasteiger partial charge in [0.1, 0.15) is 17.4 Å². The number of benzene rings is 1. The lowest BCUT2D eigenvalue weighted by Gasteiger charge is -2.00. The minimum Gasteiger partial charge on any atom is -0.458 e. The fraction of sp³-hybridized carbons (Fsp3) is 0.273. The zero-order valence-electron chi connectivity index (χ0n) is 7.83. The van der Waals surface area contributed by atoms with Crippen molar-refractivity contribution in [2.24, 2.45) is 0 Å². The van der Waals surface area contributed by atoms with E-state index in [1.165, 1.54) is 0 Å². The van der Waals surface area contributed by atoms with E-state index in [4.69, 9.17) is 16.0 Å². The Balaban J connectivity index is 2.51. The SMILES string of the molecule is CC[C@H](O)c1cc2ccc(Cl)cc2o1. The Bertz CT molecular complexity index is 447. The van der Waals surface area contributed by atoms with Crippen LogP contribution >= 0.6 is 11.6 Å². The second-order valence-corrected chi connectivity index (χ2v) is 3.69. The Morgan fingerprint density at radius 1 is 1.43 bits per heavy atom. The molecule has 3 heteroatoms. The zero-order chi connectivity index (χ0) is 10.1. The van der Waals surface area contributed by atoms with Gasteiger partial charge in [0.25, 0.3) is 0 Å². The molecule has 14 heavy (non-hydrogen) atoms. The van der Waals surface area contributed by atoms with Gasteiger partial charge < -0.3 is 9.52 Å². The molecule has 0 aliphatic heterocycles. The van der Waals surface area contributed by atoms with Crippen LogP contribution in [0, 0.1) is 0 Å². The number of rotatable bonds is 2. The topological polar surface area (TPSA) is 33.4 Å². The third-order valence-electron chi connectivity index (χ3n) is 2.22. The number of hydrogen-bond acceptors (Lipinski definition) is 2.